The summed E-state index contributed by atoms with van der Waals surface area (Å²) in [4.78, 5) is 3.07. The van der Waals surface area contributed by atoms with Gasteiger partial charge in [-0.1, -0.05) is 0 Å². The second-order valence-corrected chi connectivity index (χ2v) is 1.79. The first-order valence-corrected chi connectivity index (χ1v) is 2.41. The van der Waals surface area contributed by atoms with Gasteiger partial charge in [-0.15, -0.1) is 0 Å². The van der Waals surface area contributed by atoms with Crippen molar-refractivity contribution in [3.8, 4) is 0 Å². The molecule has 0 aliphatic heterocycles. The van der Waals surface area contributed by atoms with Crippen LogP contribution in [0.1, 0.15) is 11.3 Å². The summed E-state index contributed by atoms with van der Waals surface area (Å²) in [6.45, 7) is 4.15. The molecule has 0 aromatic carbocycles. The van der Waals surface area contributed by atoms with Gasteiger partial charge < -0.3 is 4.98 Å². The third-order valence-electron chi connectivity index (χ3n) is 1.22. The summed E-state index contributed by atoms with van der Waals surface area (Å²) in [6, 6.07) is 2.06. The molecular formula is C6H9N2. The molecule has 0 aliphatic carbocycles. The lowest BCUT2D eigenvalue weighted by molar-refractivity contribution is 1.23. The van der Waals surface area contributed by atoms with Crippen LogP contribution in [-0.2, 0) is 0 Å². The van der Waals surface area contributed by atoms with Crippen molar-refractivity contribution < 1.29 is 0 Å². The molecule has 2 heteroatoms. The van der Waals surface area contributed by atoms with Crippen molar-refractivity contribution in [3.05, 3.63) is 23.5 Å². The number of H-pyrrole nitrogens is 1. The molecule has 2 nitrogen and oxygen atoms in total. The topological polar surface area (TPSA) is 46.3 Å². The number of aromatic amines is 1. The highest BCUT2D eigenvalue weighted by Crippen LogP contribution is 1.99. The molecule has 0 unspecified atom stereocenters. The Morgan fingerprint density at radius 1 is 1.38 bits per heavy atom. The van der Waals surface area contributed by atoms with Crippen LogP contribution < -0.4 is 6.15 Å². The van der Waals surface area contributed by atoms with Gasteiger partial charge in [-0.25, -0.2) is 0 Å². The Hall–Kier alpha value is -0.760. The van der Waals surface area contributed by atoms with Crippen molar-refractivity contribution in [3.63, 3.8) is 0 Å². The number of aromatic nitrogens is 1. The largest absolute Gasteiger partial charge is 0.365 e. The van der Waals surface area contributed by atoms with Crippen molar-refractivity contribution >= 4 is 0 Å². The fraction of sp³-hybridized carbons (Fsp3) is 0.333. The average molecular weight is 109 g/mol. The zero-order valence-corrected chi connectivity index (χ0v) is 5.10. The molecule has 3 radical (unpaired) electrons. The zero-order chi connectivity index (χ0) is 5.28. The Balaban J connectivity index is 0.000000490. The minimum Gasteiger partial charge on any atom is -0.365 e. The second kappa shape index (κ2) is 2.52. The summed E-state index contributed by atoms with van der Waals surface area (Å²) >= 11 is 0. The molecule has 1 rings (SSSR count). The highest BCUT2D eigenvalue weighted by atomic mass is 14.7. The number of hydrogen-bond acceptors (Lipinski definition) is 0. The fourth-order valence-corrected chi connectivity index (χ4v) is 0.531. The van der Waals surface area contributed by atoms with E-state index in [-0.39, 0.29) is 6.15 Å². The normalized spacial score (nSPS) is 8.25. The first-order chi connectivity index (χ1) is 3.30. The van der Waals surface area contributed by atoms with E-state index in [1.807, 2.05) is 6.20 Å². The Kier molecular flexibility index (Phi) is 2.28. The van der Waals surface area contributed by atoms with Gasteiger partial charge in [0.1, 0.15) is 0 Å². The second-order valence-electron chi connectivity index (χ2n) is 1.79. The molecule has 1 heterocycles. The highest BCUT2D eigenvalue weighted by Gasteiger charge is 1.85. The van der Waals surface area contributed by atoms with Crippen molar-refractivity contribution in [2.75, 3.05) is 0 Å². The molecule has 0 bridgehead atoms. The van der Waals surface area contributed by atoms with E-state index < -0.39 is 0 Å². The summed E-state index contributed by atoms with van der Waals surface area (Å²) < 4.78 is 0. The lowest BCUT2D eigenvalue weighted by Crippen LogP contribution is -1.69. The fourth-order valence-electron chi connectivity index (χ4n) is 0.531. The number of nitrogens with one attached hydrogen (secondary N) is 1. The van der Waals surface area contributed by atoms with Crippen molar-refractivity contribution in [1.29, 1.82) is 0 Å². The Morgan fingerprint density at radius 3 is 2.12 bits per heavy atom. The highest BCUT2D eigenvalue weighted by molar-refractivity contribution is 5.15. The van der Waals surface area contributed by atoms with E-state index in [0.29, 0.717) is 0 Å². The maximum atomic E-state index is 3.07. The first kappa shape index (κ1) is 7.24. The van der Waals surface area contributed by atoms with Gasteiger partial charge in [-0.2, -0.15) is 0 Å². The molecule has 1 aromatic rings. The number of nitrogens with zero attached hydrogens (tertiary/aromatic N) is 1. The van der Waals surface area contributed by atoms with Gasteiger partial charge in [0.15, 0.2) is 0 Å². The molecule has 0 aliphatic rings. The maximum Gasteiger partial charge on any atom is 0.0145 e. The Morgan fingerprint density at radius 2 is 2.00 bits per heavy atom. The third kappa shape index (κ3) is 1.10. The van der Waals surface area contributed by atoms with Gasteiger partial charge >= 0.3 is 0 Å². The first-order valence-electron chi connectivity index (χ1n) is 2.41. The zero-order valence-electron chi connectivity index (χ0n) is 5.10. The lowest BCUT2D eigenvalue weighted by atomic mass is 10.3. The van der Waals surface area contributed by atoms with Gasteiger partial charge in [-0.3, -0.25) is 0 Å². The summed E-state index contributed by atoms with van der Waals surface area (Å²) in [7, 11) is 0. The van der Waals surface area contributed by atoms with Gasteiger partial charge in [0.2, 0.25) is 0 Å². The molecule has 0 saturated heterocycles. The molecule has 0 fully saturated rings. The van der Waals surface area contributed by atoms with Crippen LogP contribution in [-0.4, -0.2) is 4.98 Å². The lowest BCUT2D eigenvalue weighted by Gasteiger charge is -1.81. The smallest absolute Gasteiger partial charge is 0.0145 e. The summed E-state index contributed by atoms with van der Waals surface area (Å²) in [5, 5.41) is 0. The molecular weight excluding hydrogens is 100 g/mol. The van der Waals surface area contributed by atoms with E-state index in [2.05, 4.69) is 24.9 Å². The molecule has 0 saturated carbocycles. The number of rotatable bonds is 0. The minimum absolute atomic E-state index is 0. The minimum atomic E-state index is 0. The van der Waals surface area contributed by atoms with Crippen molar-refractivity contribution in [1.82, 2.24) is 11.1 Å². The van der Waals surface area contributed by atoms with E-state index in [9.17, 15) is 0 Å². The predicted octanol–water partition coefficient (Wildman–Crippen LogP) is 1.15. The van der Waals surface area contributed by atoms with Gasteiger partial charge in [-0.05, 0) is 25.5 Å². The van der Waals surface area contributed by atoms with E-state index in [0.717, 1.165) is 0 Å². The standard InChI is InChI=1S/C6H9N.N/c1-5-3-4-7-6(5)2;/h3-4,7H,1-2H3;. The number of hydrogen-bond donors (Lipinski definition) is 1. The van der Waals surface area contributed by atoms with Gasteiger partial charge in [0, 0.05) is 18.0 Å². The van der Waals surface area contributed by atoms with Crippen LogP contribution in [0.4, 0.5) is 0 Å². The molecule has 0 atom stereocenters. The molecule has 0 spiro atoms. The van der Waals surface area contributed by atoms with Crippen LogP contribution >= 0.6 is 0 Å². The summed E-state index contributed by atoms with van der Waals surface area (Å²) in [5.74, 6) is 0. The molecule has 8 heavy (non-hydrogen) atoms. The van der Waals surface area contributed by atoms with Crippen LogP contribution in [0.15, 0.2) is 12.3 Å². The molecule has 1 N–H and O–H groups in total. The van der Waals surface area contributed by atoms with Gasteiger partial charge in [0.25, 0.3) is 0 Å². The van der Waals surface area contributed by atoms with Crippen LogP contribution in [0.3, 0.4) is 0 Å². The number of aryl methyl sites for hydroxylation is 2. The van der Waals surface area contributed by atoms with E-state index in [1.165, 1.54) is 11.3 Å². The van der Waals surface area contributed by atoms with Crippen molar-refractivity contribution in [2.24, 2.45) is 0 Å². The average Bonchev–Trinajstić information content (AvgIpc) is 1.91. The van der Waals surface area contributed by atoms with Crippen LogP contribution in [0.2, 0.25) is 0 Å². The van der Waals surface area contributed by atoms with Gasteiger partial charge in [0.05, 0.1) is 0 Å². The molecule has 0 amide bonds. The van der Waals surface area contributed by atoms with Crippen LogP contribution in [0.5, 0.6) is 0 Å². The van der Waals surface area contributed by atoms with Crippen LogP contribution in [0.25, 0.3) is 0 Å². The monoisotopic (exact) mass is 109 g/mol. The summed E-state index contributed by atoms with van der Waals surface area (Å²) in [6.07, 6.45) is 1.95. The van der Waals surface area contributed by atoms with E-state index >= 15 is 0 Å². The van der Waals surface area contributed by atoms with E-state index in [4.69, 9.17) is 0 Å². The van der Waals surface area contributed by atoms with Crippen LogP contribution in [0, 0.1) is 13.8 Å². The molecule has 1 aromatic heterocycles. The van der Waals surface area contributed by atoms with Crippen molar-refractivity contribution in [2.45, 2.75) is 13.8 Å². The third-order valence-corrected chi connectivity index (χ3v) is 1.22. The van der Waals surface area contributed by atoms with E-state index in [1.54, 1.807) is 0 Å². The molecule has 43 valence electrons. The SMILES string of the molecule is Cc1cc[nH]c1C.[N]. The predicted molar refractivity (Wildman–Crippen MR) is 32.4 cm³/mol. The summed E-state index contributed by atoms with van der Waals surface area (Å²) in [5.41, 5.74) is 2.60. The quantitative estimate of drug-likeness (QED) is 0.519. The maximum absolute atomic E-state index is 3.07. The Bertz CT molecular complexity index is 139. The Labute approximate surface area is 49.5 Å².